The Morgan fingerprint density at radius 1 is 1.85 bits per heavy atom. The highest BCUT2D eigenvalue weighted by Gasteiger charge is 2.10. The van der Waals surface area contributed by atoms with Crippen molar-refractivity contribution in [2.75, 3.05) is 0 Å². The fourth-order valence-electron chi connectivity index (χ4n) is 0.794. The number of nitrogens with one attached hydrogen (secondary N) is 1. The molecule has 1 N–H and O–H groups in total. The Bertz CT molecular complexity index is 311. The molecule has 0 aromatic carbocycles. The van der Waals surface area contributed by atoms with E-state index in [4.69, 9.17) is 9.68 Å². The summed E-state index contributed by atoms with van der Waals surface area (Å²) in [7, 11) is 0. The van der Waals surface area contributed by atoms with Gasteiger partial charge in [0.2, 0.25) is 5.91 Å². The first kappa shape index (κ1) is 9.33. The molecular formula is C9H10N2O2. The summed E-state index contributed by atoms with van der Waals surface area (Å²) < 4.78 is 4.82. The van der Waals surface area contributed by atoms with Gasteiger partial charge in [-0.15, -0.1) is 0 Å². The van der Waals surface area contributed by atoms with Crippen LogP contribution in [-0.2, 0) is 11.3 Å². The SMILES string of the molecule is CC(C#N)C(=O)NCc1ccoc1. The van der Waals surface area contributed by atoms with Gasteiger partial charge in [-0.05, 0) is 13.0 Å². The van der Waals surface area contributed by atoms with Gasteiger partial charge in [0.15, 0.2) is 0 Å². The maximum atomic E-state index is 11.1. The summed E-state index contributed by atoms with van der Waals surface area (Å²) in [6.07, 6.45) is 3.09. The third kappa shape index (κ3) is 2.64. The molecule has 0 aliphatic heterocycles. The zero-order chi connectivity index (χ0) is 9.68. The van der Waals surface area contributed by atoms with Crippen molar-refractivity contribution in [1.29, 1.82) is 5.26 Å². The van der Waals surface area contributed by atoms with Crippen molar-refractivity contribution >= 4 is 5.91 Å². The van der Waals surface area contributed by atoms with E-state index in [1.165, 1.54) is 6.26 Å². The number of hydrogen-bond acceptors (Lipinski definition) is 3. The van der Waals surface area contributed by atoms with Crippen LogP contribution in [0.5, 0.6) is 0 Å². The molecule has 0 radical (unpaired) electrons. The second-order valence-corrected chi connectivity index (χ2v) is 2.70. The Labute approximate surface area is 76.2 Å². The van der Waals surface area contributed by atoms with Crippen molar-refractivity contribution in [3.63, 3.8) is 0 Å². The summed E-state index contributed by atoms with van der Waals surface area (Å²) in [4.78, 5) is 11.1. The van der Waals surface area contributed by atoms with Crippen LogP contribution in [0.3, 0.4) is 0 Å². The van der Waals surface area contributed by atoms with Gasteiger partial charge in [-0.1, -0.05) is 0 Å². The van der Waals surface area contributed by atoms with Crippen molar-refractivity contribution in [2.45, 2.75) is 13.5 Å². The normalized spacial score (nSPS) is 11.7. The van der Waals surface area contributed by atoms with Gasteiger partial charge in [0.25, 0.3) is 0 Å². The van der Waals surface area contributed by atoms with E-state index in [9.17, 15) is 4.79 Å². The van der Waals surface area contributed by atoms with Crippen LogP contribution in [0.4, 0.5) is 0 Å². The minimum absolute atomic E-state index is 0.260. The van der Waals surface area contributed by atoms with E-state index in [-0.39, 0.29) is 5.91 Å². The first-order valence-electron chi connectivity index (χ1n) is 3.92. The van der Waals surface area contributed by atoms with Gasteiger partial charge in [0.05, 0.1) is 18.6 Å². The lowest BCUT2D eigenvalue weighted by Crippen LogP contribution is -2.27. The molecule has 1 heterocycles. The van der Waals surface area contributed by atoms with Crippen LogP contribution in [0.15, 0.2) is 23.0 Å². The van der Waals surface area contributed by atoms with Crippen LogP contribution in [-0.4, -0.2) is 5.91 Å². The quantitative estimate of drug-likeness (QED) is 0.752. The number of furan rings is 1. The van der Waals surface area contributed by atoms with Crippen LogP contribution in [0.2, 0.25) is 0 Å². The first-order chi connectivity index (χ1) is 6.24. The Morgan fingerprint density at radius 3 is 3.15 bits per heavy atom. The monoisotopic (exact) mass is 178 g/mol. The van der Waals surface area contributed by atoms with Crippen LogP contribution < -0.4 is 5.32 Å². The van der Waals surface area contributed by atoms with Crippen molar-refractivity contribution in [2.24, 2.45) is 5.92 Å². The molecule has 1 amide bonds. The molecule has 0 saturated carbocycles. The summed E-state index contributed by atoms with van der Waals surface area (Å²) in [5.41, 5.74) is 0.887. The Morgan fingerprint density at radius 2 is 2.62 bits per heavy atom. The number of rotatable bonds is 3. The highest BCUT2D eigenvalue weighted by molar-refractivity contribution is 5.80. The number of nitrogens with zero attached hydrogens (tertiary/aromatic N) is 1. The van der Waals surface area contributed by atoms with Gasteiger partial charge in [-0.3, -0.25) is 4.79 Å². The molecule has 1 rings (SSSR count). The van der Waals surface area contributed by atoms with Gasteiger partial charge in [0.1, 0.15) is 5.92 Å². The molecular weight excluding hydrogens is 168 g/mol. The number of carbonyl (C=O) groups excluding carboxylic acids is 1. The van der Waals surface area contributed by atoms with E-state index in [0.717, 1.165) is 5.56 Å². The highest BCUT2D eigenvalue weighted by Crippen LogP contribution is 1.99. The van der Waals surface area contributed by atoms with Gasteiger partial charge >= 0.3 is 0 Å². The molecule has 4 nitrogen and oxygen atoms in total. The van der Waals surface area contributed by atoms with Crippen LogP contribution in [0.1, 0.15) is 12.5 Å². The number of carbonyl (C=O) groups is 1. The Balaban J connectivity index is 2.36. The molecule has 4 heteroatoms. The molecule has 0 aliphatic rings. The minimum atomic E-state index is -0.605. The molecule has 1 aromatic heterocycles. The zero-order valence-corrected chi connectivity index (χ0v) is 7.28. The zero-order valence-electron chi connectivity index (χ0n) is 7.28. The van der Waals surface area contributed by atoms with E-state index < -0.39 is 5.92 Å². The van der Waals surface area contributed by atoms with E-state index >= 15 is 0 Å². The molecule has 0 saturated heterocycles. The van der Waals surface area contributed by atoms with E-state index in [1.807, 2.05) is 6.07 Å². The standard InChI is InChI=1S/C9H10N2O2/c1-7(4-10)9(12)11-5-8-2-3-13-6-8/h2-3,6-7H,5H2,1H3,(H,11,12). The molecule has 68 valence electrons. The number of hydrogen-bond donors (Lipinski definition) is 1. The van der Waals surface area contributed by atoms with Gasteiger partial charge in [-0.25, -0.2) is 0 Å². The third-order valence-electron chi connectivity index (χ3n) is 1.63. The molecule has 0 spiro atoms. The Hall–Kier alpha value is -1.76. The fourth-order valence-corrected chi connectivity index (χ4v) is 0.794. The summed E-state index contributed by atoms with van der Waals surface area (Å²) in [5, 5.41) is 11.0. The highest BCUT2D eigenvalue weighted by atomic mass is 16.3. The predicted molar refractivity (Wildman–Crippen MR) is 45.3 cm³/mol. The van der Waals surface area contributed by atoms with Crippen LogP contribution in [0.25, 0.3) is 0 Å². The molecule has 0 bridgehead atoms. The molecule has 13 heavy (non-hydrogen) atoms. The third-order valence-corrected chi connectivity index (χ3v) is 1.63. The van der Waals surface area contributed by atoms with Crippen molar-refractivity contribution < 1.29 is 9.21 Å². The van der Waals surface area contributed by atoms with Gasteiger partial charge < -0.3 is 9.73 Å². The largest absolute Gasteiger partial charge is 0.472 e. The summed E-state index contributed by atoms with van der Waals surface area (Å²) in [6.45, 7) is 1.96. The molecule has 1 atom stereocenters. The van der Waals surface area contributed by atoms with Crippen LogP contribution >= 0.6 is 0 Å². The van der Waals surface area contributed by atoms with Crippen molar-refractivity contribution in [3.05, 3.63) is 24.2 Å². The van der Waals surface area contributed by atoms with Gasteiger partial charge in [-0.2, -0.15) is 5.26 Å². The average Bonchev–Trinajstić information content (AvgIpc) is 2.65. The van der Waals surface area contributed by atoms with Crippen molar-refractivity contribution in [1.82, 2.24) is 5.32 Å². The lowest BCUT2D eigenvalue weighted by molar-refractivity contribution is -0.123. The Kier molecular flexibility index (Phi) is 3.09. The number of amides is 1. The summed E-state index contributed by atoms with van der Waals surface area (Å²) in [5.74, 6) is -0.865. The lowest BCUT2D eigenvalue weighted by atomic mass is 10.2. The number of nitriles is 1. The average molecular weight is 178 g/mol. The maximum absolute atomic E-state index is 11.1. The summed E-state index contributed by atoms with van der Waals surface area (Å²) >= 11 is 0. The summed E-state index contributed by atoms with van der Waals surface area (Å²) in [6, 6.07) is 3.62. The smallest absolute Gasteiger partial charge is 0.237 e. The second-order valence-electron chi connectivity index (χ2n) is 2.70. The topological polar surface area (TPSA) is 66.0 Å². The minimum Gasteiger partial charge on any atom is -0.472 e. The fraction of sp³-hybridized carbons (Fsp3) is 0.333. The maximum Gasteiger partial charge on any atom is 0.237 e. The molecule has 1 unspecified atom stereocenters. The van der Waals surface area contributed by atoms with E-state index in [0.29, 0.717) is 6.54 Å². The van der Waals surface area contributed by atoms with E-state index in [1.54, 1.807) is 19.3 Å². The van der Waals surface area contributed by atoms with Crippen molar-refractivity contribution in [3.8, 4) is 6.07 Å². The lowest BCUT2D eigenvalue weighted by Gasteiger charge is -2.03. The molecule has 0 fully saturated rings. The second kappa shape index (κ2) is 4.31. The predicted octanol–water partition coefficient (Wildman–Crippen LogP) is 1.06. The van der Waals surface area contributed by atoms with E-state index in [2.05, 4.69) is 5.32 Å². The first-order valence-corrected chi connectivity index (χ1v) is 3.92. The molecule has 1 aromatic rings. The molecule has 0 aliphatic carbocycles. The van der Waals surface area contributed by atoms with Crippen LogP contribution in [0, 0.1) is 17.2 Å². The van der Waals surface area contributed by atoms with Gasteiger partial charge in [0, 0.05) is 12.1 Å².